The van der Waals surface area contributed by atoms with E-state index in [2.05, 4.69) is 44.7 Å². The molecule has 1 aliphatic rings. The van der Waals surface area contributed by atoms with Crippen LogP contribution < -0.4 is 10.1 Å². The minimum absolute atomic E-state index is 0. The van der Waals surface area contributed by atoms with Gasteiger partial charge in [0, 0.05) is 42.3 Å². The summed E-state index contributed by atoms with van der Waals surface area (Å²) in [5, 5.41) is 3.28. The average Bonchev–Trinajstić information content (AvgIpc) is 2.46. The predicted molar refractivity (Wildman–Crippen MR) is 94.7 cm³/mol. The van der Waals surface area contributed by atoms with Gasteiger partial charge in [0.15, 0.2) is 0 Å². The second-order valence-electron chi connectivity index (χ2n) is 6.16. The normalized spacial score (nSPS) is 17.5. The Morgan fingerprint density at radius 2 is 1.88 bits per heavy atom. The molecule has 0 saturated carbocycles. The van der Waals surface area contributed by atoms with Crippen LogP contribution in [0, 0.1) is 5.92 Å². The summed E-state index contributed by atoms with van der Waals surface area (Å²) in [6, 6.07) is 4.62. The van der Waals surface area contributed by atoms with Crippen molar-refractivity contribution in [3.8, 4) is 5.75 Å². The van der Waals surface area contributed by atoms with Gasteiger partial charge < -0.3 is 10.1 Å². The van der Waals surface area contributed by atoms with E-state index in [1.54, 1.807) is 12.1 Å². The van der Waals surface area contributed by atoms with Crippen molar-refractivity contribution >= 4 is 28.3 Å². The second-order valence-corrected chi connectivity index (χ2v) is 7.08. The maximum atomic E-state index is 12.7. The first-order chi connectivity index (χ1) is 10.8. The summed E-state index contributed by atoms with van der Waals surface area (Å²) < 4.78 is 43.2. The molecular formula is C16H23BrClF3N2O. The van der Waals surface area contributed by atoms with E-state index in [4.69, 9.17) is 0 Å². The smallest absolute Gasteiger partial charge is 0.405 e. The number of piperazine rings is 1. The SMILES string of the molecule is CC(C)C[C@H](c1cc(Br)ccc1OC(F)(F)F)N1CCNCC1.Cl. The summed E-state index contributed by atoms with van der Waals surface area (Å²) >= 11 is 3.37. The minimum Gasteiger partial charge on any atom is -0.405 e. The zero-order chi connectivity index (χ0) is 17.0. The Morgan fingerprint density at radius 3 is 2.42 bits per heavy atom. The molecule has 138 valence electrons. The van der Waals surface area contributed by atoms with Gasteiger partial charge in [0.2, 0.25) is 0 Å². The lowest BCUT2D eigenvalue weighted by molar-refractivity contribution is -0.275. The number of ether oxygens (including phenoxy) is 1. The minimum atomic E-state index is -4.69. The van der Waals surface area contributed by atoms with Crippen LogP contribution in [0.5, 0.6) is 5.75 Å². The van der Waals surface area contributed by atoms with Crippen molar-refractivity contribution in [1.82, 2.24) is 10.2 Å². The topological polar surface area (TPSA) is 24.5 Å². The number of hydrogen-bond acceptors (Lipinski definition) is 3. The third kappa shape index (κ3) is 6.43. The molecule has 1 aliphatic heterocycles. The van der Waals surface area contributed by atoms with E-state index in [0.29, 0.717) is 11.5 Å². The van der Waals surface area contributed by atoms with Crippen molar-refractivity contribution in [2.75, 3.05) is 26.2 Å². The van der Waals surface area contributed by atoms with Gasteiger partial charge in [-0.15, -0.1) is 25.6 Å². The third-order valence-corrected chi connectivity index (χ3v) is 4.34. The van der Waals surface area contributed by atoms with E-state index in [1.807, 2.05) is 0 Å². The van der Waals surface area contributed by atoms with Gasteiger partial charge in [-0.3, -0.25) is 4.90 Å². The molecule has 3 nitrogen and oxygen atoms in total. The van der Waals surface area contributed by atoms with Crippen LogP contribution in [0.25, 0.3) is 0 Å². The zero-order valence-corrected chi connectivity index (χ0v) is 16.1. The average molecular weight is 432 g/mol. The van der Waals surface area contributed by atoms with Gasteiger partial charge in [-0.05, 0) is 30.5 Å². The fourth-order valence-corrected chi connectivity index (χ4v) is 3.29. The molecule has 1 fully saturated rings. The standard InChI is InChI=1S/C16H22BrF3N2O.ClH/c1-11(2)9-14(22-7-5-21-6-8-22)13-10-12(17)3-4-15(13)23-16(18,19)20;/h3-4,10-11,14,21H,5-9H2,1-2H3;1H/t14-;/m1./s1. The summed E-state index contributed by atoms with van der Waals surface area (Å²) in [5.74, 6) is 0.262. The van der Waals surface area contributed by atoms with Crippen molar-refractivity contribution in [2.45, 2.75) is 32.7 Å². The van der Waals surface area contributed by atoms with E-state index in [0.717, 1.165) is 37.1 Å². The summed E-state index contributed by atoms with van der Waals surface area (Å²) in [4.78, 5) is 2.24. The summed E-state index contributed by atoms with van der Waals surface area (Å²) in [5.41, 5.74) is 0.590. The molecule has 0 bridgehead atoms. The zero-order valence-electron chi connectivity index (χ0n) is 13.7. The number of alkyl halides is 3. The van der Waals surface area contributed by atoms with Crippen LogP contribution in [0.1, 0.15) is 31.9 Å². The Labute approximate surface area is 155 Å². The van der Waals surface area contributed by atoms with E-state index in [-0.39, 0.29) is 24.2 Å². The molecule has 8 heteroatoms. The Bertz CT molecular complexity index is 523. The van der Waals surface area contributed by atoms with Gasteiger partial charge in [0.1, 0.15) is 5.75 Å². The van der Waals surface area contributed by atoms with Crippen molar-refractivity contribution in [2.24, 2.45) is 5.92 Å². The first-order valence-electron chi connectivity index (χ1n) is 7.76. The highest BCUT2D eigenvalue weighted by Crippen LogP contribution is 2.38. The Kier molecular flexibility index (Phi) is 8.32. The van der Waals surface area contributed by atoms with Crippen molar-refractivity contribution in [1.29, 1.82) is 0 Å². The molecule has 0 spiro atoms. The number of hydrogen-bond donors (Lipinski definition) is 1. The fraction of sp³-hybridized carbons (Fsp3) is 0.625. The first kappa shape index (κ1) is 21.5. The summed E-state index contributed by atoms with van der Waals surface area (Å²) in [6.45, 7) is 7.48. The molecular weight excluding hydrogens is 409 g/mol. The lowest BCUT2D eigenvalue weighted by atomic mass is 9.94. The molecule has 24 heavy (non-hydrogen) atoms. The molecule has 1 saturated heterocycles. The van der Waals surface area contributed by atoms with Crippen LogP contribution in [-0.4, -0.2) is 37.4 Å². The van der Waals surface area contributed by atoms with Gasteiger partial charge in [-0.25, -0.2) is 0 Å². The van der Waals surface area contributed by atoms with Crippen LogP contribution in [0.2, 0.25) is 0 Å². The number of halogens is 5. The van der Waals surface area contributed by atoms with E-state index in [9.17, 15) is 13.2 Å². The molecule has 1 atom stereocenters. The predicted octanol–water partition coefficient (Wildman–Crippen LogP) is 4.76. The number of nitrogens with zero attached hydrogens (tertiary/aromatic N) is 1. The Balaban J connectivity index is 0.00000288. The highest BCUT2D eigenvalue weighted by atomic mass is 79.9. The highest BCUT2D eigenvalue weighted by Gasteiger charge is 2.34. The summed E-state index contributed by atoms with van der Waals surface area (Å²) in [6.07, 6.45) is -3.90. The maximum Gasteiger partial charge on any atom is 0.573 e. The lowest BCUT2D eigenvalue weighted by Crippen LogP contribution is -2.45. The van der Waals surface area contributed by atoms with E-state index >= 15 is 0 Å². The largest absolute Gasteiger partial charge is 0.573 e. The maximum absolute atomic E-state index is 12.7. The molecule has 1 aromatic rings. The second kappa shape index (κ2) is 9.27. The van der Waals surface area contributed by atoms with Gasteiger partial charge in [0.05, 0.1) is 0 Å². The molecule has 0 amide bonds. The molecule has 1 heterocycles. The monoisotopic (exact) mass is 430 g/mol. The number of benzene rings is 1. The molecule has 1 N–H and O–H groups in total. The highest BCUT2D eigenvalue weighted by molar-refractivity contribution is 9.10. The molecule has 0 unspecified atom stereocenters. The quantitative estimate of drug-likeness (QED) is 0.727. The van der Waals surface area contributed by atoms with Gasteiger partial charge in [-0.2, -0.15) is 0 Å². The van der Waals surface area contributed by atoms with Crippen LogP contribution in [-0.2, 0) is 0 Å². The van der Waals surface area contributed by atoms with Gasteiger partial charge in [0.25, 0.3) is 0 Å². The summed E-state index contributed by atoms with van der Waals surface area (Å²) in [7, 11) is 0. The molecule has 0 aliphatic carbocycles. The number of rotatable bonds is 5. The van der Waals surface area contributed by atoms with Gasteiger partial charge in [-0.1, -0.05) is 29.8 Å². The van der Waals surface area contributed by atoms with Crippen molar-refractivity contribution in [3.05, 3.63) is 28.2 Å². The molecule has 0 aromatic heterocycles. The molecule has 2 rings (SSSR count). The Morgan fingerprint density at radius 1 is 1.25 bits per heavy atom. The molecule has 1 aromatic carbocycles. The lowest BCUT2D eigenvalue weighted by Gasteiger charge is -2.37. The first-order valence-corrected chi connectivity index (χ1v) is 8.55. The van der Waals surface area contributed by atoms with Crippen molar-refractivity contribution < 1.29 is 17.9 Å². The third-order valence-electron chi connectivity index (χ3n) is 3.84. The van der Waals surface area contributed by atoms with Crippen LogP contribution in [0.4, 0.5) is 13.2 Å². The van der Waals surface area contributed by atoms with Crippen molar-refractivity contribution in [3.63, 3.8) is 0 Å². The van der Waals surface area contributed by atoms with Gasteiger partial charge >= 0.3 is 6.36 Å². The van der Waals surface area contributed by atoms with E-state index in [1.165, 1.54) is 6.07 Å². The van der Waals surface area contributed by atoms with Crippen LogP contribution in [0.15, 0.2) is 22.7 Å². The van der Waals surface area contributed by atoms with E-state index < -0.39 is 6.36 Å². The fourth-order valence-electron chi connectivity index (χ4n) is 2.91. The number of nitrogens with one attached hydrogen (secondary N) is 1. The van der Waals surface area contributed by atoms with Crippen LogP contribution >= 0.6 is 28.3 Å². The molecule has 0 radical (unpaired) electrons. The Hall–Kier alpha value is -0.500. The van der Waals surface area contributed by atoms with Crippen LogP contribution in [0.3, 0.4) is 0 Å².